The van der Waals surface area contributed by atoms with Gasteiger partial charge in [0.25, 0.3) is 0 Å². The smallest absolute Gasteiger partial charge is 0.123 e. The highest BCUT2D eigenvalue weighted by atomic mass is 16.5. The standard InChI is InChI=1S/C77H62O4/c1-51(53-15-5-3-6-16-53)71-47-63(33-37-75(71)80-41-39-78)59-23-13-25-67(45-59)77(68-26-14-24-60(46-68)64-34-38-76(81-42-40-79)72(48-64)52(2)54-17-7-4-8-18-54)73-49-65(61-29-27-55-19-9-11-21-57(55)43-61)31-35-69(73)70-36-32-66(50-74(70)77)62-30-28-56-20-10-12-22-58(56)44-62/h3-38,43-52,78-79H,39-42H2,1-2H3. The summed E-state index contributed by atoms with van der Waals surface area (Å²) in [5.41, 5.74) is 19.7. The molecule has 12 aromatic carbocycles. The maximum Gasteiger partial charge on any atom is 0.123 e. The molecule has 4 heteroatoms. The fraction of sp³-hybridized carbons (Fsp3) is 0.117. The number of aliphatic hydroxyl groups excluding tert-OH is 2. The second-order valence-corrected chi connectivity index (χ2v) is 21.5. The number of fused-ring (bicyclic) bond motifs is 5. The zero-order valence-electron chi connectivity index (χ0n) is 45.6. The minimum atomic E-state index is -0.828. The molecular weight excluding hydrogens is 989 g/mol. The first-order valence-electron chi connectivity index (χ1n) is 28.2. The molecular formula is C77H62O4. The van der Waals surface area contributed by atoms with Gasteiger partial charge in [-0.25, -0.2) is 0 Å². The van der Waals surface area contributed by atoms with E-state index in [0.29, 0.717) is 0 Å². The van der Waals surface area contributed by atoms with Crippen LogP contribution in [0.25, 0.3) is 77.2 Å². The molecule has 0 fully saturated rings. The number of aliphatic hydroxyl groups is 2. The first-order chi connectivity index (χ1) is 39.9. The highest BCUT2D eigenvalue weighted by Crippen LogP contribution is 2.58. The summed E-state index contributed by atoms with van der Waals surface area (Å²) in [6.45, 7) is 4.73. The molecule has 4 nitrogen and oxygen atoms in total. The van der Waals surface area contributed by atoms with Gasteiger partial charge in [0.2, 0.25) is 0 Å². The summed E-state index contributed by atoms with van der Waals surface area (Å²) in [5.74, 6) is 1.59. The first-order valence-corrected chi connectivity index (χ1v) is 28.2. The van der Waals surface area contributed by atoms with Crippen molar-refractivity contribution in [3.8, 4) is 67.1 Å². The zero-order valence-corrected chi connectivity index (χ0v) is 45.6. The lowest BCUT2D eigenvalue weighted by molar-refractivity contribution is 0.200. The average molecular weight is 1050 g/mol. The van der Waals surface area contributed by atoms with Gasteiger partial charge in [0.15, 0.2) is 0 Å². The van der Waals surface area contributed by atoms with Crippen LogP contribution >= 0.6 is 0 Å². The van der Waals surface area contributed by atoms with E-state index < -0.39 is 5.41 Å². The zero-order chi connectivity index (χ0) is 54.9. The highest BCUT2D eigenvalue weighted by molar-refractivity contribution is 5.94. The number of rotatable bonds is 16. The predicted octanol–water partition coefficient (Wildman–Crippen LogP) is 18.1. The van der Waals surface area contributed by atoms with Gasteiger partial charge >= 0.3 is 0 Å². The van der Waals surface area contributed by atoms with Gasteiger partial charge in [0.1, 0.15) is 24.7 Å². The third-order valence-electron chi connectivity index (χ3n) is 16.8. The highest BCUT2D eigenvalue weighted by Gasteiger charge is 2.47. The summed E-state index contributed by atoms with van der Waals surface area (Å²) in [5, 5.41) is 24.6. The van der Waals surface area contributed by atoms with Crippen molar-refractivity contribution < 1.29 is 19.7 Å². The van der Waals surface area contributed by atoms with Crippen LogP contribution in [0.3, 0.4) is 0 Å². The van der Waals surface area contributed by atoms with E-state index >= 15 is 0 Å². The van der Waals surface area contributed by atoms with Crippen molar-refractivity contribution in [1.82, 2.24) is 0 Å². The fourth-order valence-corrected chi connectivity index (χ4v) is 12.6. The van der Waals surface area contributed by atoms with E-state index in [9.17, 15) is 10.2 Å². The summed E-state index contributed by atoms with van der Waals surface area (Å²) in [4.78, 5) is 0. The van der Waals surface area contributed by atoms with Crippen molar-refractivity contribution in [1.29, 1.82) is 0 Å². The number of ether oxygens (including phenoxy) is 2. The molecule has 0 aliphatic heterocycles. The molecule has 13 rings (SSSR count). The lowest BCUT2D eigenvalue weighted by Gasteiger charge is -2.35. The molecule has 0 spiro atoms. The molecule has 12 aromatic rings. The third kappa shape index (κ3) is 9.57. The summed E-state index contributed by atoms with van der Waals surface area (Å²) in [6, 6.07) is 97.7. The molecule has 394 valence electrons. The Labute approximate surface area is 474 Å². The Morgan fingerprint density at radius 3 is 1.11 bits per heavy atom. The second-order valence-electron chi connectivity index (χ2n) is 21.5. The third-order valence-corrected chi connectivity index (χ3v) is 16.8. The predicted molar refractivity (Wildman–Crippen MR) is 334 cm³/mol. The van der Waals surface area contributed by atoms with E-state index in [-0.39, 0.29) is 38.3 Å². The molecule has 0 saturated carbocycles. The van der Waals surface area contributed by atoms with Gasteiger partial charge in [-0.15, -0.1) is 0 Å². The lowest BCUT2D eigenvalue weighted by atomic mass is 9.66. The van der Waals surface area contributed by atoms with Gasteiger partial charge in [-0.1, -0.05) is 220 Å². The van der Waals surface area contributed by atoms with Crippen LogP contribution in [-0.4, -0.2) is 36.6 Å². The van der Waals surface area contributed by atoms with E-state index in [0.717, 1.165) is 78.3 Å². The Bertz CT molecular complexity index is 3980. The quantitative estimate of drug-likeness (QED) is 0.101. The average Bonchev–Trinajstić information content (AvgIpc) is 4.03. The molecule has 1 aliphatic carbocycles. The van der Waals surface area contributed by atoms with Gasteiger partial charge in [0, 0.05) is 23.0 Å². The first kappa shape index (κ1) is 51.1. The van der Waals surface area contributed by atoms with Gasteiger partial charge in [-0.3, -0.25) is 0 Å². The number of benzene rings is 12. The molecule has 2 atom stereocenters. The van der Waals surface area contributed by atoms with E-state index in [4.69, 9.17) is 9.47 Å². The van der Waals surface area contributed by atoms with Gasteiger partial charge < -0.3 is 19.7 Å². The van der Waals surface area contributed by atoms with Crippen molar-refractivity contribution in [3.05, 3.63) is 311 Å². The van der Waals surface area contributed by atoms with Gasteiger partial charge in [-0.05, 0) is 171 Å². The molecule has 2 unspecified atom stereocenters. The van der Waals surface area contributed by atoms with Crippen LogP contribution in [0, 0.1) is 0 Å². The largest absolute Gasteiger partial charge is 0.491 e. The summed E-state index contributed by atoms with van der Waals surface area (Å²) < 4.78 is 12.5. The lowest BCUT2D eigenvalue weighted by Crippen LogP contribution is -2.29. The van der Waals surface area contributed by atoms with E-state index in [1.54, 1.807) is 0 Å². The number of hydrogen-bond donors (Lipinski definition) is 2. The van der Waals surface area contributed by atoms with Crippen molar-refractivity contribution >= 4 is 21.5 Å². The Morgan fingerprint density at radius 2 is 0.679 bits per heavy atom. The summed E-state index contributed by atoms with van der Waals surface area (Å²) in [6.07, 6.45) is 0. The maximum absolute atomic E-state index is 9.91. The van der Waals surface area contributed by atoms with Crippen LogP contribution in [0.4, 0.5) is 0 Å². The Morgan fingerprint density at radius 1 is 0.321 bits per heavy atom. The van der Waals surface area contributed by atoms with Crippen LogP contribution in [0.2, 0.25) is 0 Å². The van der Waals surface area contributed by atoms with Crippen LogP contribution in [0.15, 0.2) is 267 Å². The van der Waals surface area contributed by atoms with E-state index in [1.807, 2.05) is 0 Å². The van der Waals surface area contributed by atoms with Crippen molar-refractivity contribution in [3.63, 3.8) is 0 Å². The van der Waals surface area contributed by atoms with Crippen molar-refractivity contribution in [2.45, 2.75) is 31.1 Å². The minimum Gasteiger partial charge on any atom is -0.491 e. The normalized spacial score (nSPS) is 13.1. The van der Waals surface area contributed by atoms with Gasteiger partial charge in [-0.2, -0.15) is 0 Å². The van der Waals surface area contributed by atoms with Crippen LogP contribution in [-0.2, 0) is 5.41 Å². The Hall–Kier alpha value is -9.32. The fourth-order valence-electron chi connectivity index (χ4n) is 12.6. The summed E-state index contributed by atoms with van der Waals surface area (Å²) in [7, 11) is 0. The molecule has 1 aliphatic rings. The molecule has 0 aromatic heterocycles. The molecule has 0 bridgehead atoms. The second kappa shape index (κ2) is 22.1. The Kier molecular flexibility index (Phi) is 13.9. The summed E-state index contributed by atoms with van der Waals surface area (Å²) >= 11 is 0. The SMILES string of the molecule is CC(c1ccccc1)c1cc(-c2cccc(C3(c4cccc(-c5ccc(OCCO)c(C(C)c6ccccc6)c5)c4)c4cc(-c5ccc6ccccc6c5)ccc4-c4ccc(-c5ccc6ccccc6c5)cc43)c2)ccc1OCCO. The minimum absolute atomic E-state index is 0.0271. The molecule has 81 heavy (non-hydrogen) atoms. The molecule has 0 saturated heterocycles. The topological polar surface area (TPSA) is 58.9 Å². The van der Waals surface area contributed by atoms with E-state index in [1.165, 1.54) is 54.9 Å². The molecule has 0 heterocycles. The molecule has 2 N–H and O–H groups in total. The molecule has 0 amide bonds. The van der Waals surface area contributed by atoms with Crippen molar-refractivity contribution in [2.24, 2.45) is 0 Å². The van der Waals surface area contributed by atoms with E-state index in [2.05, 4.69) is 281 Å². The maximum atomic E-state index is 9.91. The van der Waals surface area contributed by atoms with Crippen LogP contribution in [0.1, 0.15) is 70.2 Å². The van der Waals surface area contributed by atoms with Crippen molar-refractivity contribution in [2.75, 3.05) is 26.4 Å². The Balaban J connectivity index is 1.07. The molecule has 0 radical (unpaired) electrons. The monoisotopic (exact) mass is 1050 g/mol. The van der Waals surface area contributed by atoms with Crippen LogP contribution < -0.4 is 9.47 Å². The van der Waals surface area contributed by atoms with Gasteiger partial charge in [0.05, 0.1) is 18.6 Å². The number of hydrogen-bond acceptors (Lipinski definition) is 4. The van der Waals surface area contributed by atoms with Crippen LogP contribution in [0.5, 0.6) is 11.5 Å².